The fraction of sp³-hybridized carbons (Fsp3) is 0.425. The van der Waals surface area contributed by atoms with E-state index in [4.69, 9.17) is 4.99 Å². The molecule has 0 aliphatic heterocycles. The Labute approximate surface area is 262 Å². The van der Waals surface area contributed by atoms with E-state index in [1.807, 2.05) is 0 Å². The maximum atomic E-state index is 5.20. The van der Waals surface area contributed by atoms with Crippen LogP contribution in [0.4, 0.5) is 11.4 Å². The van der Waals surface area contributed by atoms with E-state index in [0.29, 0.717) is 5.92 Å². The molecule has 0 amide bonds. The van der Waals surface area contributed by atoms with Gasteiger partial charge in [0, 0.05) is 49.7 Å². The fourth-order valence-corrected chi connectivity index (χ4v) is 6.38. The van der Waals surface area contributed by atoms with Crippen LogP contribution in [0.5, 0.6) is 0 Å². The van der Waals surface area contributed by atoms with E-state index in [1.165, 1.54) is 76.0 Å². The molecule has 4 rings (SSSR count). The number of unbranched alkanes of at least 4 members (excludes halogenated alkanes) is 1. The zero-order chi connectivity index (χ0) is 30.8. The van der Waals surface area contributed by atoms with Crippen molar-refractivity contribution in [1.82, 2.24) is 0 Å². The Morgan fingerprint density at radius 3 is 1.95 bits per heavy atom. The zero-order valence-electron chi connectivity index (χ0n) is 27.8. The van der Waals surface area contributed by atoms with Crippen LogP contribution in [0.1, 0.15) is 95.0 Å². The number of benzene rings is 3. The third-order valence-corrected chi connectivity index (χ3v) is 9.13. The molecule has 0 N–H and O–H groups in total. The van der Waals surface area contributed by atoms with Crippen LogP contribution in [0, 0.1) is 12.8 Å². The summed E-state index contributed by atoms with van der Waals surface area (Å²) in [6, 6.07) is 25.1. The van der Waals surface area contributed by atoms with Crippen molar-refractivity contribution >= 4 is 28.2 Å². The molecule has 3 nitrogen and oxygen atoms in total. The van der Waals surface area contributed by atoms with Crippen molar-refractivity contribution in [3.05, 3.63) is 107 Å². The predicted octanol–water partition coefficient (Wildman–Crippen LogP) is 10.2. The maximum Gasteiger partial charge on any atom is 0.0653 e. The third-order valence-electron chi connectivity index (χ3n) is 9.13. The number of aliphatic imine (C=N–C) groups is 1. The van der Waals surface area contributed by atoms with Gasteiger partial charge in [-0.05, 0) is 111 Å². The molecule has 0 radical (unpaired) electrons. The van der Waals surface area contributed by atoms with Crippen LogP contribution >= 0.6 is 0 Å². The number of nitrogens with zero attached hydrogens (tertiary/aromatic N) is 3. The van der Waals surface area contributed by atoms with Gasteiger partial charge >= 0.3 is 0 Å². The van der Waals surface area contributed by atoms with Gasteiger partial charge in [0.1, 0.15) is 0 Å². The van der Waals surface area contributed by atoms with E-state index >= 15 is 0 Å². The van der Waals surface area contributed by atoms with Crippen molar-refractivity contribution in [1.29, 1.82) is 0 Å². The first-order valence-electron chi connectivity index (χ1n) is 16.8. The standard InChI is InChI=1S/C40H53N3/c1-8-14-17-31(9-2)29-41-39-27-26-38(36-18-15-16-19-37(36)39)40(32-20-22-33(23-21-32)42(10-3)11-4)35-25-24-34(28-30(35)7)43(12-5)13-6/h15-16,18-28,31H,8-14,17,29H2,1-7H3/b40-38+,41-39?. The maximum absolute atomic E-state index is 5.20. The smallest absolute Gasteiger partial charge is 0.0653 e. The average Bonchev–Trinajstić information content (AvgIpc) is 3.04. The van der Waals surface area contributed by atoms with Crippen LogP contribution < -0.4 is 9.80 Å². The van der Waals surface area contributed by atoms with Crippen molar-refractivity contribution in [2.75, 3.05) is 42.5 Å². The number of anilines is 2. The normalized spacial score (nSPS) is 15.4. The lowest BCUT2D eigenvalue weighted by atomic mass is 9.82. The summed E-state index contributed by atoms with van der Waals surface area (Å²) in [7, 11) is 0. The van der Waals surface area contributed by atoms with Crippen LogP contribution in [0.25, 0.3) is 11.1 Å². The van der Waals surface area contributed by atoms with Gasteiger partial charge in [-0.3, -0.25) is 4.99 Å². The van der Waals surface area contributed by atoms with Crippen molar-refractivity contribution in [2.24, 2.45) is 10.9 Å². The summed E-state index contributed by atoms with van der Waals surface area (Å²) >= 11 is 0. The molecule has 1 aliphatic rings. The van der Waals surface area contributed by atoms with Gasteiger partial charge in [0.25, 0.3) is 0 Å². The highest BCUT2D eigenvalue weighted by molar-refractivity contribution is 6.19. The summed E-state index contributed by atoms with van der Waals surface area (Å²) < 4.78 is 0. The Morgan fingerprint density at radius 2 is 1.35 bits per heavy atom. The second-order valence-electron chi connectivity index (χ2n) is 11.7. The Bertz CT molecular complexity index is 1420. The molecule has 0 spiro atoms. The summed E-state index contributed by atoms with van der Waals surface area (Å²) in [5, 5.41) is 0. The van der Waals surface area contributed by atoms with Crippen LogP contribution in [-0.4, -0.2) is 38.4 Å². The first-order valence-corrected chi connectivity index (χ1v) is 16.8. The van der Waals surface area contributed by atoms with E-state index in [1.54, 1.807) is 0 Å². The van der Waals surface area contributed by atoms with Crippen LogP contribution in [0.15, 0.2) is 83.9 Å². The lowest BCUT2D eigenvalue weighted by Gasteiger charge is -2.25. The van der Waals surface area contributed by atoms with E-state index in [9.17, 15) is 0 Å². The van der Waals surface area contributed by atoms with Crippen LogP contribution in [-0.2, 0) is 0 Å². The molecular weight excluding hydrogens is 522 g/mol. The second-order valence-corrected chi connectivity index (χ2v) is 11.7. The number of fused-ring (bicyclic) bond motifs is 1. The van der Waals surface area contributed by atoms with Gasteiger partial charge in [0.2, 0.25) is 0 Å². The van der Waals surface area contributed by atoms with Gasteiger partial charge in [-0.2, -0.15) is 0 Å². The van der Waals surface area contributed by atoms with E-state index in [-0.39, 0.29) is 0 Å². The van der Waals surface area contributed by atoms with Gasteiger partial charge in [-0.15, -0.1) is 0 Å². The predicted molar refractivity (Wildman–Crippen MR) is 191 cm³/mol. The van der Waals surface area contributed by atoms with Crippen LogP contribution in [0.3, 0.4) is 0 Å². The van der Waals surface area contributed by atoms with Gasteiger partial charge in [-0.25, -0.2) is 0 Å². The molecular formula is C40H53N3. The van der Waals surface area contributed by atoms with E-state index < -0.39 is 0 Å². The molecule has 1 atom stereocenters. The molecule has 0 saturated heterocycles. The first-order chi connectivity index (χ1) is 21.0. The molecule has 0 heterocycles. The molecule has 3 aromatic carbocycles. The van der Waals surface area contributed by atoms with Crippen LogP contribution in [0.2, 0.25) is 0 Å². The highest BCUT2D eigenvalue weighted by atomic mass is 15.1. The average molecular weight is 576 g/mol. The molecule has 228 valence electrons. The topological polar surface area (TPSA) is 18.8 Å². The van der Waals surface area contributed by atoms with Gasteiger partial charge in [-0.1, -0.05) is 81.7 Å². The summed E-state index contributed by atoms with van der Waals surface area (Å²) in [5.74, 6) is 0.650. The highest BCUT2D eigenvalue weighted by Crippen LogP contribution is 2.39. The molecule has 0 aromatic heterocycles. The largest absolute Gasteiger partial charge is 0.372 e. The SMILES string of the molecule is CCCCC(CC)CN=C1C=C/C(=C(/c2ccc(N(CC)CC)cc2)c2ccc(N(CC)CC)cc2C)c2ccccc21. The Morgan fingerprint density at radius 1 is 0.721 bits per heavy atom. The molecule has 1 aliphatic carbocycles. The van der Waals surface area contributed by atoms with Crippen molar-refractivity contribution in [3.8, 4) is 0 Å². The molecule has 0 fully saturated rings. The first kappa shape index (κ1) is 32.3. The molecule has 43 heavy (non-hydrogen) atoms. The number of aryl methyl sites for hydroxylation is 1. The summed E-state index contributed by atoms with van der Waals surface area (Å²) in [5.41, 5.74) is 12.5. The minimum Gasteiger partial charge on any atom is -0.372 e. The van der Waals surface area contributed by atoms with E-state index in [2.05, 4.69) is 137 Å². The lowest BCUT2D eigenvalue weighted by molar-refractivity contribution is 0.463. The van der Waals surface area contributed by atoms with Crippen molar-refractivity contribution in [3.63, 3.8) is 0 Å². The van der Waals surface area contributed by atoms with E-state index in [0.717, 1.165) is 38.4 Å². The van der Waals surface area contributed by atoms with Crippen molar-refractivity contribution < 1.29 is 0 Å². The molecule has 0 saturated carbocycles. The Hall–Kier alpha value is -3.59. The molecule has 3 aromatic rings. The zero-order valence-corrected chi connectivity index (χ0v) is 27.8. The fourth-order valence-electron chi connectivity index (χ4n) is 6.38. The van der Waals surface area contributed by atoms with Crippen molar-refractivity contribution in [2.45, 2.75) is 74.1 Å². The Kier molecular flexibility index (Phi) is 11.8. The number of hydrogen-bond donors (Lipinski definition) is 0. The quantitative estimate of drug-likeness (QED) is 0.190. The second kappa shape index (κ2) is 15.8. The molecule has 0 bridgehead atoms. The number of rotatable bonds is 14. The lowest BCUT2D eigenvalue weighted by Crippen LogP contribution is -2.22. The van der Waals surface area contributed by atoms with Gasteiger partial charge < -0.3 is 9.80 Å². The summed E-state index contributed by atoms with van der Waals surface area (Å²) in [6.07, 6.45) is 9.55. The third kappa shape index (κ3) is 7.50. The minimum absolute atomic E-state index is 0.650. The summed E-state index contributed by atoms with van der Waals surface area (Å²) in [6.45, 7) is 20.7. The monoisotopic (exact) mass is 575 g/mol. The minimum atomic E-state index is 0.650. The highest BCUT2D eigenvalue weighted by Gasteiger charge is 2.22. The number of allylic oxidation sites excluding steroid dienone is 3. The molecule has 1 unspecified atom stereocenters. The number of hydrogen-bond acceptors (Lipinski definition) is 3. The molecule has 3 heteroatoms. The summed E-state index contributed by atoms with van der Waals surface area (Å²) in [4.78, 5) is 10.0. The van der Waals surface area contributed by atoms with Gasteiger partial charge in [0.15, 0.2) is 0 Å². The van der Waals surface area contributed by atoms with Gasteiger partial charge in [0.05, 0.1) is 5.71 Å². The Balaban J connectivity index is 1.88.